The highest BCUT2D eigenvalue weighted by Crippen LogP contribution is 2.30. The maximum absolute atomic E-state index is 6.15. The molecule has 2 heterocycles. The number of aromatic nitrogens is 6. The van der Waals surface area contributed by atoms with E-state index in [2.05, 4.69) is 25.5 Å². The van der Waals surface area contributed by atoms with Crippen molar-refractivity contribution in [3.8, 4) is 28.3 Å². The highest BCUT2D eigenvalue weighted by Gasteiger charge is 2.18. The Morgan fingerprint density at radius 1 is 1.00 bits per heavy atom. The lowest BCUT2D eigenvalue weighted by Gasteiger charge is -2.10. The molecule has 6 nitrogen and oxygen atoms in total. The molecule has 0 fully saturated rings. The summed E-state index contributed by atoms with van der Waals surface area (Å²) in [5.74, 6) is 1.23. The standard InChI is InChI=1S/C18H13ClN6/c1-12-20-11-16(17(21-12)13-6-5-7-14(19)10-13)18-22-23-24-25(18)15-8-3-2-4-9-15/h2-11H,1H3. The average Bonchev–Trinajstić information content (AvgIpc) is 3.12. The Morgan fingerprint density at radius 3 is 2.64 bits per heavy atom. The van der Waals surface area contributed by atoms with Crippen molar-refractivity contribution < 1.29 is 0 Å². The fourth-order valence-electron chi connectivity index (χ4n) is 2.59. The van der Waals surface area contributed by atoms with Gasteiger partial charge >= 0.3 is 0 Å². The van der Waals surface area contributed by atoms with E-state index >= 15 is 0 Å². The number of rotatable bonds is 3. The number of para-hydroxylation sites is 1. The minimum atomic E-state index is 0.571. The number of halogens is 1. The van der Waals surface area contributed by atoms with Gasteiger partial charge in [0.15, 0.2) is 5.82 Å². The molecule has 7 heteroatoms. The molecule has 0 radical (unpaired) electrons. The minimum Gasteiger partial charge on any atom is -0.241 e. The molecule has 4 aromatic rings. The lowest BCUT2D eigenvalue weighted by molar-refractivity contribution is 0.791. The summed E-state index contributed by atoms with van der Waals surface area (Å²) in [5, 5.41) is 12.8. The third-order valence-electron chi connectivity index (χ3n) is 3.72. The second-order valence-corrected chi connectivity index (χ2v) is 5.88. The zero-order valence-corrected chi connectivity index (χ0v) is 14.1. The van der Waals surface area contributed by atoms with Crippen molar-refractivity contribution in [1.82, 2.24) is 30.2 Å². The molecule has 0 N–H and O–H groups in total. The van der Waals surface area contributed by atoms with Crippen LogP contribution in [0.25, 0.3) is 28.3 Å². The summed E-state index contributed by atoms with van der Waals surface area (Å²) in [4.78, 5) is 8.92. The van der Waals surface area contributed by atoms with E-state index in [4.69, 9.17) is 11.6 Å². The molecule has 0 atom stereocenters. The number of nitrogens with zero attached hydrogens (tertiary/aromatic N) is 6. The third-order valence-corrected chi connectivity index (χ3v) is 3.95. The van der Waals surface area contributed by atoms with Crippen LogP contribution in [0.1, 0.15) is 5.82 Å². The summed E-state index contributed by atoms with van der Waals surface area (Å²) in [6.45, 7) is 1.85. The van der Waals surface area contributed by atoms with Gasteiger partial charge in [0, 0.05) is 16.8 Å². The number of tetrazole rings is 1. The van der Waals surface area contributed by atoms with Gasteiger partial charge in [-0.05, 0) is 41.6 Å². The molecule has 0 saturated heterocycles. The molecule has 0 aliphatic carbocycles. The third kappa shape index (κ3) is 2.99. The monoisotopic (exact) mass is 348 g/mol. The largest absolute Gasteiger partial charge is 0.241 e. The van der Waals surface area contributed by atoms with E-state index in [-0.39, 0.29) is 0 Å². The van der Waals surface area contributed by atoms with Crippen LogP contribution < -0.4 is 0 Å². The van der Waals surface area contributed by atoms with Crippen LogP contribution in [0.2, 0.25) is 5.02 Å². The quantitative estimate of drug-likeness (QED) is 0.564. The van der Waals surface area contributed by atoms with Gasteiger partial charge in [-0.2, -0.15) is 4.68 Å². The first kappa shape index (κ1) is 15.4. The molecule has 122 valence electrons. The molecule has 2 aromatic carbocycles. The molecular weight excluding hydrogens is 336 g/mol. The van der Waals surface area contributed by atoms with E-state index in [1.807, 2.05) is 61.5 Å². The number of hydrogen-bond donors (Lipinski definition) is 0. The first-order valence-electron chi connectivity index (χ1n) is 7.66. The Labute approximate surface area is 149 Å². The van der Waals surface area contributed by atoms with Crippen molar-refractivity contribution in [1.29, 1.82) is 0 Å². The molecule has 0 amide bonds. The van der Waals surface area contributed by atoms with Crippen LogP contribution in [-0.2, 0) is 0 Å². The zero-order valence-electron chi connectivity index (χ0n) is 13.3. The lowest BCUT2D eigenvalue weighted by atomic mass is 10.1. The minimum absolute atomic E-state index is 0.571. The second kappa shape index (κ2) is 6.41. The van der Waals surface area contributed by atoms with E-state index in [0.29, 0.717) is 16.7 Å². The van der Waals surface area contributed by atoms with Crippen molar-refractivity contribution in [2.45, 2.75) is 6.92 Å². The normalized spacial score (nSPS) is 10.8. The molecule has 0 aliphatic heterocycles. The van der Waals surface area contributed by atoms with E-state index in [1.165, 1.54) is 0 Å². The van der Waals surface area contributed by atoms with Crippen molar-refractivity contribution in [3.05, 3.63) is 71.6 Å². The van der Waals surface area contributed by atoms with Gasteiger partial charge in [-0.3, -0.25) is 0 Å². The smallest absolute Gasteiger partial charge is 0.190 e. The topological polar surface area (TPSA) is 69.4 Å². The van der Waals surface area contributed by atoms with Gasteiger partial charge in [0.1, 0.15) is 5.82 Å². The highest BCUT2D eigenvalue weighted by atomic mass is 35.5. The molecule has 0 unspecified atom stereocenters. The summed E-state index contributed by atoms with van der Waals surface area (Å²) in [6, 6.07) is 17.2. The Morgan fingerprint density at radius 2 is 1.84 bits per heavy atom. The van der Waals surface area contributed by atoms with Gasteiger partial charge in [-0.15, -0.1) is 5.10 Å². The first-order chi connectivity index (χ1) is 12.2. The van der Waals surface area contributed by atoms with Crippen LogP contribution in [0.15, 0.2) is 60.8 Å². The van der Waals surface area contributed by atoms with Gasteiger partial charge in [-0.25, -0.2) is 9.97 Å². The summed E-state index contributed by atoms with van der Waals surface area (Å²) >= 11 is 6.15. The molecular formula is C18H13ClN6. The molecule has 2 aromatic heterocycles. The van der Waals surface area contributed by atoms with Gasteiger partial charge in [0.25, 0.3) is 0 Å². The molecule has 0 aliphatic rings. The first-order valence-corrected chi connectivity index (χ1v) is 8.04. The van der Waals surface area contributed by atoms with E-state index in [9.17, 15) is 0 Å². The molecule has 0 bridgehead atoms. The van der Waals surface area contributed by atoms with Gasteiger partial charge < -0.3 is 0 Å². The van der Waals surface area contributed by atoms with Crippen LogP contribution >= 0.6 is 11.6 Å². The number of aryl methyl sites for hydroxylation is 1. The lowest BCUT2D eigenvalue weighted by Crippen LogP contribution is -2.03. The van der Waals surface area contributed by atoms with Crippen LogP contribution in [0.3, 0.4) is 0 Å². The van der Waals surface area contributed by atoms with Crippen molar-refractivity contribution in [3.63, 3.8) is 0 Å². The van der Waals surface area contributed by atoms with Gasteiger partial charge in [0.2, 0.25) is 0 Å². The SMILES string of the molecule is Cc1ncc(-c2nnnn2-c2ccccc2)c(-c2cccc(Cl)c2)n1. The van der Waals surface area contributed by atoms with Crippen LogP contribution in [0, 0.1) is 6.92 Å². The Kier molecular flexibility index (Phi) is 3.95. The van der Waals surface area contributed by atoms with Crippen molar-refractivity contribution in [2.75, 3.05) is 0 Å². The van der Waals surface area contributed by atoms with Crippen LogP contribution in [0.5, 0.6) is 0 Å². The zero-order chi connectivity index (χ0) is 17.2. The summed E-state index contributed by atoms with van der Waals surface area (Å²) < 4.78 is 1.67. The Balaban J connectivity index is 1.92. The molecule has 0 spiro atoms. The average molecular weight is 349 g/mol. The highest BCUT2D eigenvalue weighted by molar-refractivity contribution is 6.30. The summed E-state index contributed by atoms with van der Waals surface area (Å²) in [6.07, 6.45) is 1.74. The van der Waals surface area contributed by atoms with Gasteiger partial charge in [0.05, 0.1) is 16.9 Å². The van der Waals surface area contributed by atoms with E-state index in [0.717, 1.165) is 22.5 Å². The molecule has 0 saturated carbocycles. The number of hydrogen-bond acceptors (Lipinski definition) is 5. The van der Waals surface area contributed by atoms with E-state index in [1.54, 1.807) is 10.9 Å². The number of benzene rings is 2. The maximum Gasteiger partial charge on any atom is 0.190 e. The molecule has 25 heavy (non-hydrogen) atoms. The fraction of sp³-hybridized carbons (Fsp3) is 0.0556. The second-order valence-electron chi connectivity index (χ2n) is 5.44. The predicted molar refractivity (Wildman–Crippen MR) is 95.4 cm³/mol. The predicted octanol–water partition coefficient (Wildman–Crippen LogP) is 3.75. The summed E-state index contributed by atoms with van der Waals surface area (Å²) in [7, 11) is 0. The van der Waals surface area contributed by atoms with Crippen LogP contribution in [-0.4, -0.2) is 30.2 Å². The summed E-state index contributed by atoms with van der Waals surface area (Å²) in [5.41, 5.74) is 3.22. The van der Waals surface area contributed by atoms with E-state index < -0.39 is 0 Å². The maximum atomic E-state index is 6.15. The van der Waals surface area contributed by atoms with Gasteiger partial charge in [-0.1, -0.05) is 41.9 Å². The Bertz CT molecular complexity index is 1030. The Hall–Kier alpha value is -3.12. The van der Waals surface area contributed by atoms with Crippen molar-refractivity contribution in [2.24, 2.45) is 0 Å². The fourth-order valence-corrected chi connectivity index (χ4v) is 2.78. The molecule has 4 rings (SSSR count). The van der Waals surface area contributed by atoms with Crippen molar-refractivity contribution >= 4 is 11.6 Å². The van der Waals surface area contributed by atoms with Crippen LogP contribution in [0.4, 0.5) is 0 Å².